The molecular weight excluding hydrogens is 309 g/mol. The molecule has 2 heterocycles. The van der Waals surface area contributed by atoms with E-state index >= 15 is 0 Å². The molecule has 2 N–H and O–H groups in total. The Kier molecular flexibility index (Phi) is 6.39. The van der Waals surface area contributed by atoms with Crippen molar-refractivity contribution in [2.45, 2.75) is 19.8 Å². The first-order valence-corrected chi connectivity index (χ1v) is 8.04. The largest absolute Gasteiger partial charge is 0.367 e. The minimum atomic E-state index is 0.526. The smallest absolute Gasteiger partial charge is 0.193 e. The van der Waals surface area contributed by atoms with Crippen molar-refractivity contribution < 1.29 is 0 Å². The molecule has 116 valence electrons. The fraction of sp³-hybridized carbons (Fsp3) is 0.571. The Morgan fingerprint density at radius 1 is 1.38 bits per heavy atom. The molecule has 0 aliphatic carbocycles. The summed E-state index contributed by atoms with van der Waals surface area (Å²) in [6.07, 6.45) is 4.06. The summed E-state index contributed by atoms with van der Waals surface area (Å²) in [6, 6.07) is 1.68. The van der Waals surface area contributed by atoms with E-state index in [-0.39, 0.29) is 0 Å². The number of nitrogens with zero attached hydrogens (tertiary/aromatic N) is 3. The van der Waals surface area contributed by atoms with E-state index in [9.17, 15) is 0 Å². The molecule has 0 bridgehead atoms. The number of aliphatic imine (C=N–C) groups is 1. The number of aromatic nitrogens is 1. The standard InChI is InChI=1S/C14H21Cl2N5/c1-2-17-14(21-7-3-4-8-21)19-6-5-18-13-12(16)9-11(15)10-20-13/h9-10H,2-8H2,1H3,(H,17,19)(H,18,20). The normalized spacial score (nSPS) is 15.4. The molecular formula is C14H21Cl2N5. The van der Waals surface area contributed by atoms with Crippen molar-refractivity contribution in [2.24, 2.45) is 4.99 Å². The average Bonchev–Trinajstić information content (AvgIpc) is 2.98. The highest BCUT2D eigenvalue weighted by Crippen LogP contribution is 2.22. The van der Waals surface area contributed by atoms with Crippen molar-refractivity contribution in [3.05, 3.63) is 22.3 Å². The summed E-state index contributed by atoms with van der Waals surface area (Å²) >= 11 is 11.9. The summed E-state index contributed by atoms with van der Waals surface area (Å²) in [5.74, 6) is 1.63. The van der Waals surface area contributed by atoms with Gasteiger partial charge in [-0.2, -0.15) is 0 Å². The summed E-state index contributed by atoms with van der Waals surface area (Å²) < 4.78 is 0. The lowest BCUT2D eigenvalue weighted by atomic mass is 10.4. The van der Waals surface area contributed by atoms with Gasteiger partial charge >= 0.3 is 0 Å². The van der Waals surface area contributed by atoms with Gasteiger partial charge in [0.1, 0.15) is 5.82 Å². The van der Waals surface area contributed by atoms with Gasteiger partial charge < -0.3 is 15.5 Å². The van der Waals surface area contributed by atoms with Gasteiger partial charge in [0.05, 0.1) is 16.6 Å². The molecule has 0 saturated carbocycles. The van der Waals surface area contributed by atoms with Gasteiger partial charge in [-0.05, 0) is 25.8 Å². The van der Waals surface area contributed by atoms with E-state index in [0.29, 0.717) is 29.0 Å². The molecule has 0 spiro atoms. The number of pyridine rings is 1. The maximum absolute atomic E-state index is 6.06. The van der Waals surface area contributed by atoms with E-state index in [1.807, 2.05) is 0 Å². The zero-order valence-electron chi connectivity index (χ0n) is 12.2. The first-order valence-electron chi connectivity index (χ1n) is 7.29. The zero-order valence-corrected chi connectivity index (χ0v) is 13.7. The van der Waals surface area contributed by atoms with Crippen molar-refractivity contribution in [3.8, 4) is 0 Å². The molecule has 0 amide bonds. The molecule has 0 unspecified atom stereocenters. The molecule has 21 heavy (non-hydrogen) atoms. The molecule has 0 aromatic carbocycles. The van der Waals surface area contributed by atoms with E-state index in [2.05, 4.69) is 32.4 Å². The number of nitrogens with one attached hydrogen (secondary N) is 2. The topological polar surface area (TPSA) is 52.6 Å². The van der Waals surface area contributed by atoms with Crippen LogP contribution in [0, 0.1) is 0 Å². The lowest BCUT2D eigenvalue weighted by Gasteiger charge is -2.20. The van der Waals surface area contributed by atoms with E-state index in [0.717, 1.165) is 25.6 Å². The third-order valence-corrected chi connectivity index (χ3v) is 3.71. The Morgan fingerprint density at radius 2 is 2.14 bits per heavy atom. The lowest BCUT2D eigenvalue weighted by Crippen LogP contribution is -2.39. The van der Waals surface area contributed by atoms with Gasteiger partial charge in [0, 0.05) is 32.4 Å². The fourth-order valence-corrected chi connectivity index (χ4v) is 2.68. The Hall–Kier alpha value is -1.20. The average molecular weight is 330 g/mol. The van der Waals surface area contributed by atoms with Crippen LogP contribution in [0.1, 0.15) is 19.8 Å². The minimum absolute atomic E-state index is 0.526. The third kappa shape index (κ3) is 4.93. The number of hydrogen-bond acceptors (Lipinski definition) is 3. The lowest BCUT2D eigenvalue weighted by molar-refractivity contribution is 0.494. The van der Waals surface area contributed by atoms with E-state index in [1.54, 1.807) is 12.3 Å². The first-order chi connectivity index (χ1) is 10.2. The Bertz CT molecular complexity index is 486. The molecule has 7 heteroatoms. The van der Waals surface area contributed by atoms with Crippen molar-refractivity contribution in [1.29, 1.82) is 0 Å². The number of hydrogen-bond donors (Lipinski definition) is 2. The molecule has 1 aromatic rings. The molecule has 0 radical (unpaired) electrons. The van der Waals surface area contributed by atoms with Gasteiger partial charge in [0.2, 0.25) is 0 Å². The SMILES string of the molecule is CCNC(=NCCNc1ncc(Cl)cc1Cl)N1CCCC1. The minimum Gasteiger partial charge on any atom is -0.367 e. The molecule has 1 fully saturated rings. The van der Waals surface area contributed by atoms with Crippen molar-refractivity contribution in [1.82, 2.24) is 15.2 Å². The van der Waals surface area contributed by atoms with Crippen molar-refractivity contribution in [3.63, 3.8) is 0 Å². The van der Waals surface area contributed by atoms with Gasteiger partial charge in [0.15, 0.2) is 5.96 Å². The summed E-state index contributed by atoms with van der Waals surface area (Å²) in [6.45, 7) is 6.48. The van der Waals surface area contributed by atoms with Crippen LogP contribution >= 0.6 is 23.2 Å². The molecule has 2 rings (SSSR count). The van der Waals surface area contributed by atoms with Crippen LogP contribution in [-0.2, 0) is 0 Å². The maximum atomic E-state index is 6.06. The van der Waals surface area contributed by atoms with E-state index in [1.165, 1.54) is 12.8 Å². The molecule has 1 saturated heterocycles. The summed E-state index contributed by atoms with van der Waals surface area (Å²) in [7, 11) is 0. The highest BCUT2D eigenvalue weighted by Gasteiger charge is 2.15. The van der Waals surface area contributed by atoms with Crippen LogP contribution in [0.25, 0.3) is 0 Å². The van der Waals surface area contributed by atoms with E-state index in [4.69, 9.17) is 23.2 Å². The van der Waals surface area contributed by atoms with Crippen LogP contribution in [0.5, 0.6) is 0 Å². The summed E-state index contributed by atoms with van der Waals surface area (Å²) in [5, 5.41) is 7.56. The van der Waals surface area contributed by atoms with Gasteiger partial charge in [-0.25, -0.2) is 4.98 Å². The van der Waals surface area contributed by atoms with Crippen molar-refractivity contribution >= 4 is 35.0 Å². The number of likely N-dealkylation sites (tertiary alicyclic amines) is 1. The number of guanidine groups is 1. The molecule has 5 nitrogen and oxygen atoms in total. The van der Waals surface area contributed by atoms with Crippen LogP contribution in [0.4, 0.5) is 5.82 Å². The third-order valence-electron chi connectivity index (χ3n) is 3.21. The van der Waals surface area contributed by atoms with Gasteiger partial charge in [-0.3, -0.25) is 4.99 Å². The molecule has 0 atom stereocenters. The fourth-order valence-electron chi connectivity index (χ4n) is 2.24. The Balaban J connectivity index is 1.84. The van der Waals surface area contributed by atoms with Crippen LogP contribution in [0.15, 0.2) is 17.3 Å². The second-order valence-corrected chi connectivity index (χ2v) is 5.68. The highest BCUT2D eigenvalue weighted by atomic mass is 35.5. The predicted molar refractivity (Wildman–Crippen MR) is 89.5 cm³/mol. The van der Waals surface area contributed by atoms with E-state index < -0.39 is 0 Å². The first kappa shape index (κ1) is 16.2. The highest BCUT2D eigenvalue weighted by molar-refractivity contribution is 6.35. The maximum Gasteiger partial charge on any atom is 0.193 e. The van der Waals surface area contributed by atoms with Crippen LogP contribution in [0.2, 0.25) is 10.0 Å². The van der Waals surface area contributed by atoms with Gasteiger partial charge in [-0.15, -0.1) is 0 Å². The molecule has 1 aliphatic heterocycles. The quantitative estimate of drug-likeness (QED) is 0.495. The monoisotopic (exact) mass is 329 g/mol. The van der Waals surface area contributed by atoms with Crippen LogP contribution in [0.3, 0.4) is 0 Å². The predicted octanol–water partition coefficient (Wildman–Crippen LogP) is 2.86. The second-order valence-electron chi connectivity index (χ2n) is 4.84. The number of halogens is 2. The number of rotatable bonds is 5. The summed E-state index contributed by atoms with van der Waals surface area (Å²) in [5.41, 5.74) is 0. The van der Waals surface area contributed by atoms with Crippen LogP contribution in [-0.4, -0.2) is 48.6 Å². The zero-order chi connectivity index (χ0) is 15.1. The van der Waals surface area contributed by atoms with Crippen LogP contribution < -0.4 is 10.6 Å². The molecule has 1 aromatic heterocycles. The molecule has 1 aliphatic rings. The summed E-state index contributed by atoms with van der Waals surface area (Å²) in [4.78, 5) is 11.1. The Labute approximate surface area is 135 Å². The van der Waals surface area contributed by atoms with Crippen molar-refractivity contribution in [2.75, 3.05) is 38.0 Å². The number of anilines is 1. The van der Waals surface area contributed by atoms with Gasteiger partial charge in [-0.1, -0.05) is 23.2 Å². The van der Waals surface area contributed by atoms with Gasteiger partial charge in [0.25, 0.3) is 0 Å². The second kappa shape index (κ2) is 8.29. The Morgan fingerprint density at radius 3 is 2.81 bits per heavy atom.